The summed E-state index contributed by atoms with van der Waals surface area (Å²) >= 11 is 0. The maximum Gasteiger partial charge on any atom is 0.435 e. The number of nitrogens with zero attached hydrogens (tertiary/aromatic N) is 4. The van der Waals surface area contributed by atoms with Gasteiger partial charge in [-0.05, 0) is 96.0 Å². The van der Waals surface area contributed by atoms with Crippen LogP contribution in [0.2, 0.25) is 0 Å². The minimum absolute atomic E-state index is 0.0321. The molecule has 1 fully saturated rings. The van der Waals surface area contributed by atoms with Crippen molar-refractivity contribution in [3.05, 3.63) is 75.9 Å². The predicted molar refractivity (Wildman–Crippen MR) is 143 cm³/mol. The van der Waals surface area contributed by atoms with E-state index in [4.69, 9.17) is 4.74 Å². The van der Waals surface area contributed by atoms with Gasteiger partial charge in [0.2, 0.25) is 0 Å². The molecule has 0 aliphatic heterocycles. The lowest BCUT2D eigenvalue weighted by Gasteiger charge is -2.34. The molecule has 214 valence electrons. The van der Waals surface area contributed by atoms with Crippen molar-refractivity contribution in [1.29, 1.82) is 0 Å². The summed E-state index contributed by atoms with van der Waals surface area (Å²) in [6, 6.07) is 7.28. The van der Waals surface area contributed by atoms with Crippen LogP contribution in [-0.2, 0) is 30.3 Å². The number of amides is 1. The molecular weight excluding hydrogens is 521 g/mol. The summed E-state index contributed by atoms with van der Waals surface area (Å²) in [6.45, 7) is 9.38. The van der Waals surface area contributed by atoms with Crippen LogP contribution in [0, 0.1) is 13.8 Å². The lowest BCUT2D eigenvalue weighted by Crippen LogP contribution is -2.45. The van der Waals surface area contributed by atoms with Crippen LogP contribution in [0.1, 0.15) is 84.2 Å². The fraction of sp³-hybridized carbons (Fsp3) is 0.500. The molecule has 0 bridgehead atoms. The second kappa shape index (κ2) is 10.1. The summed E-state index contributed by atoms with van der Waals surface area (Å²) in [6.07, 6.45) is 0.651. The smallest absolute Gasteiger partial charge is 0.435 e. The summed E-state index contributed by atoms with van der Waals surface area (Å²) in [4.78, 5) is 28.5. The van der Waals surface area contributed by atoms with E-state index in [1.54, 1.807) is 33.0 Å². The summed E-state index contributed by atoms with van der Waals surface area (Å²) in [5, 5.41) is 4.45. The first-order valence-corrected chi connectivity index (χ1v) is 13.7. The van der Waals surface area contributed by atoms with Gasteiger partial charge < -0.3 is 14.2 Å². The Morgan fingerprint density at radius 1 is 1.07 bits per heavy atom. The van der Waals surface area contributed by atoms with Gasteiger partial charge in [0, 0.05) is 36.2 Å². The number of fused-ring (bicyclic) bond motifs is 1. The molecule has 2 heterocycles. The highest BCUT2D eigenvalue weighted by molar-refractivity contribution is 5.96. The third-order valence-corrected chi connectivity index (χ3v) is 7.59. The molecule has 3 aromatic rings. The van der Waals surface area contributed by atoms with Crippen molar-refractivity contribution in [3.63, 3.8) is 0 Å². The summed E-state index contributed by atoms with van der Waals surface area (Å²) in [5.74, 6) is -0.0566. The van der Waals surface area contributed by atoms with Crippen molar-refractivity contribution >= 4 is 12.0 Å². The van der Waals surface area contributed by atoms with Crippen molar-refractivity contribution in [2.75, 3.05) is 0 Å². The second-order valence-electron chi connectivity index (χ2n) is 11.9. The molecule has 0 N–H and O–H groups in total. The van der Waals surface area contributed by atoms with Crippen LogP contribution < -0.4 is 0 Å². The molecule has 2 aromatic heterocycles. The van der Waals surface area contributed by atoms with Crippen LogP contribution in [-0.4, -0.2) is 48.9 Å². The summed E-state index contributed by atoms with van der Waals surface area (Å²) < 4.78 is 48.3. The SMILES string of the molecule is Cc1cc(C(=O)N(C2CC2)C2CCc3nn(C(=O)OC(C)(C)C)cc3C2)c(C)n1Cc1cccc(C(F)(F)F)c1. The molecule has 1 saturated carbocycles. The highest BCUT2D eigenvalue weighted by Crippen LogP contribution is 2.36. The Kier molecular flexibility index (Phi) is 7.08. The van der Waals surface area contributed by atoms with E-state index < -0.39 is 23.4 Å². The average molecular weight is 557 g/mol. The molecule has 1 unspecified atom stereocenters. The van der Waals surface area contributed by atoms with E-state index in [9.17, 15) is 22.8 Å². The third-order valence-electron chi connectivity index (χ3n) is 7.59. The van der Waals surface area contributed by atoms with Gasteiger partial charge in [-0.1, -0.05) is 12.1 Å². The van der Waals surface area contributed by atoms with Gasteiger partial charge in [0.15, 0.2) is 0 Å². The number of ether oxygens (including phenoxy) is 1. The summed E-state index contributed by atoms with van der Waals surface area (Å²) in [7, 11) is 0. The number of alkyl halides is 3. The molecule has 1 aromatic carbocycles. The Balaban J connectivity index is 1.36. The van der Waals surface area contributed by atoms with E-state index in [1.807, 2.05) is 29.4 Å². The van der Waals surface area contributed by atoms with Crippen LogP contribution in [0.15, 0.2) is 36.5 Å². The molecule has 2 aliphatic carbocycles. The van der Waals surface area contributed by atoms with Gasteiger partial charge in [0.05, 0.1) is 16.8 Å². The van der Waals surface area contributed by atoms with Gasteiger partial charge in [-0.25, -0.2) is 4.79 Å². The Morgan fingerprint density at radius 2 is 1.80 bits per heavy atom. The van der Waals surface area contributed by atoms with E-state index in [1.165, 1.54) is 10.7 Å². The highest BCUT2D eigenvalue weighted by atomic mass is 19.4. The Labute approximate surface area is 231 Å². The first-order chi connectivity index (χ1) is 18.7. The van der Waals surface area contributed by atoms with Gasteiger partial charge in [-0.2, -0.15) is 23.0 Å². The molecular formula is C30H35F3N4O3. The Hall–Kier alpha value is -3.56. The van der Waals surface area contributed by atoms with E-state index in [2.05, 4.69) is 5.10 Å². The fourth-order valence-corrected chi connectivity index (χ4v) is 5.54. The molecule has 0 saturated heterocycles. The lowest BCUT2D eigenvalue weighted by molar-refractivity contribution is -0.137. The first kappa shape index (κ1) is 28.0. The van der Waals surface area contributed by atoms with Crippen molar-refractivity contribution in [1.82, 2.24) is 19.2 Å². The van der Waals surface area contributed by atoms with Crippen molar-refractivity contribution in [3.8, 4) is 0 Å². The Morgan fingerprint density at radius 3 is 2.45 bits per heavy atom. The number of rotatable bonds is 5. The number of aromatic nitrogens is 3. The number of hydrogen-bond donors (Lipinski definition) is 0. The van der Waals surface area contributed by atoms with E-state index in [0.29, 0.717) is 24.0 Å². The van der Waals surface area contributed by atoms with Crippen LogP contribution in [0.5, 0.6) is 0 Å². The maximum absolute atomic E-state index is 14.0. The number of halogens is 3. The number of aryl methyl sites for hydroxylation is 2. The van der Waals surface area contributed by atoms with E-state index in [0.717, 1.165) is 54.0 Å². The largest absolute Gasteiger partial charge is 0.442 e. The molecule has 7 nitrogen and oxygen atoms in total. The molecule has 1 atom stereocenters. The van der Waals surface area contributed by atoms with Crippen LogP contribution in [0.25, 0.3) is 0 Å². The molecule has 0 spiro atoms. The third kappa shape index (κ3) is 5.81. The van der Waals surface area contributed by atoms with Crippen molar-refractivity contribution in [2.24, 2.45) is 0 Å². The van der Waals surface area contributed by atoms with Crippen molar-refractivity contribution < 1.29 is 27.5 Å². The lowest BCUT2D eigenvalue weighted by atomic mass is 9.91. The maximum atomic E-state index is 14.0. The van der Waals surface area contributed by atoms with Gasteiger partial charge >= 0.3 is 12.3 Å². The minimum Gasteiger partial charge on any atom is -0.442 e. The fourth-order valence-electron chi connectivity index (χ4n) is 5.54. The Bertz CT molecular complexity index is 1440. The summed E-state index contributed by atoms with van der Waals surface area (Å²) in [5.41, 5.74) is 3.13. The quantitative estimate of drug-likeness (QED) is 0.369. The van der Waals surface area contributed by atoms with Gasteiger partial charge in [-0.3, -0.25) is 4.79 Å². The monoisotopic (exact) mass is 556 g/mol. The molecule has 1 amide bonds. The zero-order chi connectivity index (χ0) is 29.0. The molecule has 2 aliphatic rings. The highest BCUT2D eigenvalue weighted by Gasteiger charge is 2.40. The minimum atomic E-state index is -4.41. The van der Waals surface area contributed by atoms with Gasteiger partial charge in [0.1, 0.15) is 5.60 Å². The first-order valence-electron chi connectivity index (χ1n) is 13.7. The zero-order valence-electron chi connectivity index (χ0n) is 23.5. The van der Waals surface area contributed by atoms with Crippen LogP contribution in [0.4, 0.5) is 18.0 Å². The second-order valence-corrected chi connectivity index (χ2v) is 11.9. The normalized spacial score (nSPS) is 17.4. The molecule has 40 heavy (non-hydrogen) atoms. The predicted octanol–water partition coefficient (Wildman–Crippen LogP) is 6.31. The zero-order valence-corrected chi connectivity index (χ0v) is 23.5. The number of benzene rings is 1. The van der Waals surface area contributed by atoms with Crippen LogP contribution >= 0.6 is 0 Å². The van der Waals surface area contributed by atoms with Crippen molar-refractivity contribution in [2.45, 2.75) is 97.1 Å². The van der Waals surface area contributed by atoms with E-state index >= 15 is 0 Å². The van der Waals surface area contributed by atoms with Gasteiger partial charge in [0.25, 0.3) is 5.91 Å². The number of carbonyl (C=O) groups is 2. The van der Waals surface area contributed by atoms with E-state index in [-0.39, 0.29) is 24.5 Å². The molecule has 5 rings (SSSR count). The average Bonchev–Trinajstić information content (AvgIpc) is 3.53. The molecule has 10 heteroatoms. The number of carbonyl (C=O) groups excluding carboxylic acids is 2. The number of hydrogen-bond acceptors (Lipinski definition) is 4. The van der Waals surface area contributed by atoms with Crippen LogP contribution in [0.3, 0.4) is 0 Å². The molecule has 0 radical (unpaired) electrons. The van der Waals surface area contributed by atoms with Gasteiger partial charge in [-0.15, -0.1) is 0 Å². The standard InChI is InChI=1S/C30H35F3N4O3/c1-18-13-25(19(2)35(18)16-20-7-6-8-22(14-20)30(31,32)33)27(38)37(23-9-10-23)24-11-12-26-21(15-24)17-36(34-26)28(39)40-29(3,4)5/h6-8,13-14,17,23-24H,9-12,15-16H2,1-5H3. The topological polar surface area (TPSA) is 69.4 Å².